The van der Waals surface area contributed by atoms with Crippen molar-refractivity contribution in [3.63, 3.8) is 0 Å². The predicted molar refractivity (Wildman–Crippen MR) is 160 cm³/mol. The molecule has 4 N–H and O–H groups in total. The van der Waals surface area contributed by atoms with E-state index >= 15 is 0 Å². The molecule has 3 aromatic rings. The molecule has 0 fully saturated rings. The molecule has 0 spiro atoms. The van der Waals surface area contributed by atoms with Crippen molar-refractivity contribution in [2.24, 2.45) is 5.92 Å². The van der Waals surface area contributed by atoms with Gasteiger partial charge in [0.2, 0.25) is 18.2 Å². The summed E-state index contributed by atoms with van der Waals surface area (Å²) in [7, 11) is 0. The topological polar surface area (TPSA) is 126 Å². The van der Waals surface area contributed by atoms with E-state index in [0.717, 1.165) is 27.8 Å². The molecule has 0 unspecified atom stereocenters. The third kappa shape index (κ3) is 7.75. The van der Waals surface area contributed by atoms with Crippen molar-refractivity contribution >= 4 is 24.3 Å². The number of carbonyl (C=O) groups is 4. The minimum Gasteiger partial charge on any atom is -0.449 e. The molecule has 1 aliphatic rings. The molecule has 220 valence electrons. The van der Waals surface area contributed by atoms with Gasteiger partial charge in [0, 0.05) is 12.3 Å². The van der Waals surface area contributed by atoms with Gasteiger partial charge in [-0.1, -0.05) is 92.7 Å². The van der Waals surface area contributed by atoms with Gasteiger partial charge in [0.25, 0.3) is 0 Å². The minimum absolute atomic E-state index is 0.110. The van der Waals surface area contributed by atoms with Crippen molar-refractivity contribution < 1.29 is 23.9 Å². The lowest BCUT2D eigenvalue weighted by molar-refractivity contribution is -0.130. The van der Waals surface area contributed by atoms with Crippen molar-refractivity contribution in [1.29, 1.82) is 0 Å². The Balaban J connectivity index is 1.41. The molecule has 9 nitrogen and oxygen atoms in total. The Bertz CT molecular complexity index is 1350. The van der Waals surface area contributed by atoms with Crippen molar-refractivity contribution in [2.45, 2.75) is 57.8 Å². The first-order chi connectivity index (χ1) is 20.3. The Morgan fingerprint density at radius 3 is 1.98 bits per heavy atom. The van der Waals surface area contributed by atoms with Crippen molar-refractivity contribution in [3.8, 4) is 11.1 Å². The Hall–Kier alpha value is -4.66. The third-order valence-electron chi connectivity index (χ3n) is 7.28. The van der Waals surface area contributed by atoms with Crippen LogP contribution >= 0.6 is 0 Å². The summed E-state index contributed by atoms with van der Waals surface area (Å²) in [4.78, 5) is 50.1. The van der Waals surface area contributed by atoms with Crippen LogP contribution in [-0.2, 0) is 25.5 Å². The first kappa shape index (κ1) is 30.3. The first-order valence-corrected chi connectivity index (χ1v) is 14.2. The number of carbonyl (C=O) groups excluding carboxylic acids is 4. The number of hydrogen-bond acceptors (Lipinski definition) is 5. The second-order valence-corrected chi connectivity index (χ2v) is 10.9. The molecular weight excluding hydrogens is 532 g/mol. The zero-order valence-electron chi connectivity index (χ0n) is 24.1. The molecule has 3 aromatic carbocycles. The van der Waals surface area contributed by atoms with Gasteiger partial charge >= 0.3 is 6.09 Å². The number of amides is 4. The molecule has 4 amide bonds. The van der Waals surface area contributed by atoms with Gasteiger partial charge in [-0.05, 0) is 47.1 Å². The lowest BCUT2D eigenvalue weighted by Gasteiger charge is -2.24. The van der Waals surface area contributed by atoms with Gasteiger partial charge in [0.1, 0.15) is 24.9 Å². The molecule has 0 aromatic heterocycles. The van der Waals surface area contributed by atoms with E-state index in [1.807, 2.05) is 80.6 Å². The summed E-state index contributed by atoms with van der Waals surface area (Å²) >= 11 is 0. The Kier molecular flexibility index (Phi) is 10.3. The number of benzene rings is 3. The van der Waals surface area contributed by atoms with Crippen LogP contribution in [0.2, 0.25) is 0 Å². The molecule has 0 radical (unpaired) electrons. The number of alkyl carbamates (subject to hydrolysis) is 1. The summed E-state index contributed by atoms with van der Waals surface area (Å²) in [6, 6.07) is 23.5. The lowest BCUT2D eigenvalue weighted by atomic mass is 9.98. The Morgan fingerprint density at radius 1 is 0.786 bits per heavy atom. The van der Waals surface area contributed by atoms with Crippen LogP contribution in [0.15, 0.2) is 78.9 Å². The predicted octanol–water partition coefficient (Wildman–Crippen LogP) is 3.88. The zero-order valence-corrected chi connectivity index (χ0v) is 24.1. The lowest BCUT2D eigenvalue weighted by Crippen LogP contribution is -2.56. The van der Waals surface area contributed by atoms with E-state index in [9.17, 15) is 19.2 Å². The van der Waals surface area contributed by atoms with Gasteiger partial charge in [-0.25, -0.2) is 4.79 Å². The second kappa shape index (κ2) is 14.3. The highest BCUT2D eigenvalue weighted by Gasteiger charge is 2.30. The van der Waals surface area contributed by atoms with Gasteiger partial charge < -0.3 is 26.0 Å². The Morgan fingerprint density at radius 2 is 1.38 bits per heavy atom. The van der Waals surface area contributed by atoms with E-state index in [1.165, 1.54) is 0 Å². The average Bonchev–Trinajstić information content (AvgIpc) is 3.29. The summed E-state index contributed by atoms with van der Waals surface area (Å²) in [5.74, 6) is -0.877. The van der Waals surface area contributed by atoms with E-state index < -0.39 is 36.2 Å². The molecule has 9 heteroatoms. The molecule has 0 heterocycles. The fourth-order valence-corrected chi connectivity index (χ4v) is 5.24. The quantitative estimate of drug-likeness (QED) is 0.183. The molecule has 1 aliphatic carbocycles. The molecule has 0 saturated heterocycles. The molecule has 0 aliphatic heterocycles. The molecule has 42 heavy (non-hydrogen) atoms. The highest BCUT2D eigenvalue weighted by atomic mass is 16.5. The van der Waals surface area contributed by atoms with Crippen LogP contribution in [-0.4, -0.2) is 49.2 Å². The summed E-state index contributed by atoms with van der Waals surface area (Å²) in [5.41, 5.74) is 5.25. The van der Waals surface area contributed by atoms with Crippen LogP contribution in [0.1, 0.15) is 49.8 Å². The maximum atomic E-state index is 13.3. The van der Waals surface area contributed by atoms with Crippen LogP contribution in [0.5, 0.6) is 0 Å². The van der Waals surface area contributed by atoms with E-state index in [2.05, 4.69) is 33.4 Å². The first-order valence-electron chi connectivity index (χ1n) is 14.2. The maximum absolute atomic E-state index is 13.3. The van der Waals surface area contributed by atoms with Crippen molar-refractivity contribution in [3.05, 3.63) is 95.6 Å². The van der Waals surface area contributed by atoms with Gasteiger partial charge in [-0.3, -0.25) is 14.4 Å². The van der Waals surface area contributed by atoms with E-state index in [1.54, 1.807) is 6.92 Å². The summed E-state index contributed by atoms with van der Waals surface area (Å²) in [6.45, 7) is 5.60. The van der Waals surface area contributed by atoms with E-state index in [-0.39, 0.29) is 24.9 Å². The zero-order chi connectivity index (χ0) is 30.1. The third-order valence-corrected chi connectivity index (χ3v) is 7.28. The summed E-state index contributed by atoms with van der Waals surface area (Å²) < 4.78 is 5.68. The van der Waals surface area contributed by atoms with Gasteiger partial charge in [-0.15, -0.1) is 0 Å². The van der Waals surface area contributed by atoms with Crippen LogP contribution < -0.4 is 21.3 Å². The number of rotatable bonds is 13. The smallest absolute Gasteiger partial charge is 0.407 e. The van der Waals surface area contributed by atoms with Crippen LogP contribution in [0.4, 0.5) is 4.79 Å². The fourth-order valence-electron chi connectivity index (χ4n) is 5.24. The van der Waals surface area contributed by atoms with Gasteiger partial charge in [0.15, 0.2) is 0 Å². The normalized spacial score (nSPS) is 14.1. The van der Waals surface area contributed by atoms with Gasteiger partial charge in [-0.2, -0.15) is 0 Å². The molecular formula is C33H38N4O5. The summed E-state index contributed by atoms with van der Waals surface area (Å²) in [6.07, 6.45) is -0.0188. The largest absolute Gasteiger partial charge is 0.449 e. The maximum Gasteiger partial charge on any atom is 0.407 e. The van der Waals surface area contributed by atoms with Crippen LogP contribution in [0, 0.1) is 5.92 Å². The Labute approximate surface area is 246 Å². The second-order valence-electron chi connectivity index (χ2n) is 10.9. The standard InChI is InChI=1S/C33H38N4O5/c1-21(2)17-30(34-20-38)37-31(39)22(3)35-32(40)29(18-23-11-5-4-6-12-23)36-33(41)42-19-28-26-15-9-7-13-24(26)25-14-8-10-16-27(25)28/h4-16,20-22,28-30H,17-19H2,1-3H3,(H,34,38)(H,35,40)(H,36,41)(H,37,39)/t22-,29-,30-/m0/s1. The molecule has 0 saturated carbocycles. The summed E-state index contributed by atoms with van der Waals surface area (Å²) in [5, 5.41) is 10.7. The highest BCUT2D eigenvalue weighted by Crippen LogP contribution is 2.44. The number of ether oxygens (including phenoxy) is 1. The van der Waals surface area contributed by atoms with E-state index in [0.29, 0.717) is 12.8 Å². The average molecular weight is 571 g/mol. The number of fused-ring (bicyclic) bond motifs is 3. The fraction of sp³-hybridized carbons (Fsp3) is 0.333. The number of hydrogen-bond donors (Lipinski definition) is 4. The van der Waals surface area contributed by atoms with Gasteiger partial charge in [0.05, 0.1) is 0 Å². The van der Waals surface area contributed by atoms with Crippen molar-refractivity contribution in [1.82, 2.24) is 21.3 Å². The highest BCUT2D eigenvalue weighted by molar-refractivity contribution is 5.91. The number of nitrogens with one attached hydrogen (secondary N) is 4. The molecule has 0 bridgehead atoms. The van der Waals surface area contributed by atoms with Crippen LogP contribution in [0.3, 0.4) is 0 Å². The van der Waals surface area contributed by atoms with Crippen molar-refractivity contribution in [2.75, 3.05) is 6.61 Å². The molecule has 4 rings (SSSR count). The van der Waals surface area contributed by atoms with E-state index in [4.69, 9.17) is 4.74 Å². The minimum atomic E-state index is -0.988. The molecule has 3 atom stereocenters. The monoisotopic (exact) mass is 570 g/mol. The SMILES string of the molecule is CC(C)C[C@@H](NC=O)NC(=O)[C@H](C)NC(=O)[C@H](Cc1ccccc1)NC(=O)OCC1c2ccccc2-c2ccccc21. The van der Waals surface area contributed by atoms with Crippen LogP contribution in [0.25, 0.3) is 11.1 Å².